The number of anilines is 1. The first-order valence-corrected chi connectivity index (χ1v) is 31.7. The third-order valence-electron chi connectivity index (χ3n) is 13.5. The molecule has 6 N–H and O–H groups in total. The molecule has 0 bridgehead atoms. The molecule has 2 aliphatic rings. The number of unbranched alkanes of at least 4 members (excludes halogenated alkanes) is 1. The number of carboxylic acid groups (broad SMARTS) is 1. The third-order valence-corrected chi connectivity index (χ3v) is 15.3. The number of nitrogens with one attached hydrogen (secondary N) is 2. The molecule has 0 radical (unpaired) electrons. The van der Waals surface area contributed by atoms with Gasteiger partial charge in [0.05, 0.1) is 161 Å². The molecular weight excluding hydrogens is 1140 g/mol. The number of amides is 1. The molecule has 0 aromatic heterocycles. The molecule has 25 heteroatoms. The smallest absolute Gasteiger partial charge is 0.305 e. The number of fused-ring (bicyclic) bond motifs is 1. The number of aliphatic carboxylic acids is 1. The first-order chi connectivity index (χ1) is 42.4. The Morgan fingerprint density at radius 1 is 0.724 bits per heavy atom. The normalized spacial score (nSPS) is 13.7. The van der Waals surface area contributed by atoms with Gasteiger partial charge in [-0.15, -0.1) is 0 Å². The Balaban J connectivity index is 0.992. The summed E-state index contributed by atoms with van der Waals surface area (Å²) in [4.78, 5) is 36.3. The van der Waals surface area contributed by atoms with E-state index in [-0.39, 0.29) is 55.9 Å². The van der Waals surface area contributed by atoms with Crippen LogP contribution in [0.3, 0.4) is 0 Å². The number of hydrogen-bond donors (Lipinski definition) is 5. The summed E-state index contributed by atoms with van der Waals surface area (Å²) in [7, 11) is -3.78. The molecule has 87 heavy (non-hydrogen) atoms. The van der Waals surface area contributed by atoms with E-state index >= 15 is 0 Å². The zero-order valence-corrected chi connectivity index (χ0v) is 51.6. The Kier molecular flexibility index (Phi) is 35.3. The minimum atomic E-state index is -3.78. The number of nitrogens with two attached hydrogens (primary N) is 1. The number of benzene rings is 3. The first kappa shape index (κ1) is 71.8. The topological polar surface area (TPSA) is 306 Å². The van der Waals surface area contributed by atoms with Crippen molar-refractivity contribution in [2.75, 3.05) is 183 Å². The summed E-state index contributed by atoms with van der Waals surface area (Å²) in [5, 5.41) is 34.3. The second-order valence-corrected chi connectivity index (χ2v) is 22.3. The van der Waals surface area contributed by atoms with Crippen molar-refractivity contribution in [2.45, 2.75) is 63.7 Å². The van der Waals surface area contributed by atoms with Crippen LogP contribution in [0.1, 0.15) is 69.1 Å². The van der Waals surface area contributed by atoms with Gasteiger partial charge in [-0.2, -0.15) is 9.57 Å². The number of aliphatic imine (C=N–C) groups is 2. The van der Waals surface area contributed by atoms with Crippen LogP contribution in [0.2, 0.25) is 0 Å². The summed E-state index contributed by atoms with van der Waals surface area (Å²) in [6, 6.07) is 20.2. The maximum absolute atomic E-state index is 14.1. The van der Waals surface area contributed by atoms with E-state index in [2.05, 4.69) is 36.6 Å². The minimum Gasteiger partial charge on any atom is -0.481 e. The lowest BCUT2D eigenvalue weighted by Crippen LogP contribution is -2.51. The maximum atomic E-state index is 14.1. The summed E-state index contributed by atoms with van der Waals surface area (Å²) in [6.45, 7) is 15.0. The van der Waals surface area contributed by atoms with E-state index in [1.807, 2.05) is 29.2 Å². The van der Waals surface area contributed by atoms with Crippen molar-refractivity contribution in [1.82, 2.24) is 14.5 Å². The van der Waals surface area contributed by atoms with E-state index in [0.29, 0.717) is 211 Å². The molecule has 24 nitrogen and oxygen atoms in total. The minimum absolute atomic E-state index is 0.0201. The van der Waals surface area contributed by atoms with E-state index in [0.717, 1.165) is 29.5 Å². The fourth-order valence-electron chi connectivity index (χ4n) is 9.00. The lowest BCUT2D eigenvalue weighted by molar-refractivity contribution is -0.138. The van der Waals surface area contributed by atoms with Gasteiger partial charge in [-0.05, 0) is 91.3 Å². The van der Waals surface area contributed by atoms with Gasteiger partial charge in [-0.1, -0.05) is 38.1 Å². The molecule has 0 saturated carbocycles. The number of carboxylic acids is 1. The molecule has 3 aromatic carbocycles. The Morgan fingerprint density at radius 3 is 1.79 bits per heavy atom. The second-order valence-electron chi connectivity index (χ2n) is 20.4. The number of rotatable bonds is 48. The van der Waals surface area contributed by atoms with Crippen LogP contribution in [-0.4, -0.2) is 230 Å². The van der Waals surface area contributed by atoms with E-state index < -0.39 is 16.0 Å². The average molecular weight is 1240 g/mol. The van der Waals surface area contributed by atoms with Crippen molar-refractivity contribution in [3.05, 3.63) is 82.9 Å². The highest BCUT2D eigenvalue weighted by molar-refractivity contribution is 7.89. The molecule has 3 aromatic rings. The van der Waals surface area contributed by atoms with Crippen LogP contribution >= 0.6 is 0 Å². The molecule has 0 atom stereocenters. The molecular formula is C62H92N8O16S. The number of nitrogens with zero attached hydrogens (tertiary/aromatic N) is 5. The molecule has 2 heterocycles. The predicted octanol–water partition coefficient (Wildman–Crippen LogP) is 5.28. The van der Waals surface area contributed by atoms with Crippen molar-refractivity contribution in [1.29, 1.82) is 5.26 Å². The van der Waals surface area contributed by atoms with Gasteiger partial charge in [-0.3, -0.25) is 14.6 Å². The standard InChI is InChI=1S/C62H92N8O16S/c1-3-17-69(18-4-2)61(74)54-42-57-52(40-53(43-58(57)68-59(64)44-54)51-11-8-13-56(41-51)87(75,76)70-46-50(47-70)48-71)10-5-6-15-65-62(67-55-12-7-9-49(39-55)45-63)66-16-20-78-22-24-80-26-28-82-30-32-84-34-36-86-38-37-85-35-33-83-31-29-81-27-25-79-23-21-77-19-14-60(72)73/h7-9,11-13,39-43,50,71H,3-6,10,14-38,44,46-48H2,1-2H3,(H2,64,68)(H,72,73)(H2,65,66,67). The molecule has 1 amide bonds. The van der Waals surface area contributed by atoms with E-state index in [9.17, 15) is 28.4 Å². The van der Waals surface area contributed by atoms with Crippen molar-refractivity contribution in [3.63, 3.8) is 0 Å². The van der Waals surface area contributed by atoms with Gasteiger partial charge in [0.1, 0.15) is 5.84 Å². The fraction of sp³-hybridized carbons (Fsp3) is 0.597. The molecule has 5 rings (SSSR count). The summed E-state index contributed by atoms with van der Waals surface area (Å²) in [5.41, 5.74) is 12.1. The molecule has 1 fully saturated rings. The summed E-state index contributed by atoms with van der Waals surface area (Å²) < 4.78 is 83.8. The number of hydrogen-bond acceptors (Lipinski definition) is 19. The van der Waals surface area contributed by atoms with Gasteiger partial charge in [-0.25, -0.2) is 13.4 Å². The molecule has 2 aliphatic heterocycles. The Hall–Kier alpha value is -5.96. The van der Waals surface area contributed by atoms with Crippen LogP contribution in [0.4, 0.5) is 11.4 Å². The summed E-state index contributed by atoms with van der Waals surface area (Å²) in [6.07, 6.45) is 5.76. The van der Waals surface area contributed by atoms with Crippen molar-refractivity contribution in [2.24, 2.45) is 21.6 Å². The van der Waals surface area contributed by atoms with Gasteiger partial charge in [0.2, 0.25) is 15.9 Å². The number of amidine groups is 1. The average Bonchev–Trinajstić information content (AvgIpc) is 1.70. The number of carbonyl (C=O) groups excluding carboxylic acids is 1. The lowest BCUT2D eigenvalue weighted by Gasteiger charge is -2.36. The van der Waals surface area contributed by atoms with Crippen molar-refractivity contribution < 1.29 is 75.6 Å². The Morgan fingerprint density at radius 2 is 1.26 bits per heavy atom. The highest BCUT2D eigenvalue weighted by Crippen LogP contribution is 2.37. The van der Waals surface area contributed by atoms with Crippen LogP contribution in [0.5, 0.6) is 0 Å². The van der Waals surface area contributed by atoms with Crippen LogP contribution in [-0.2, 0) is 73.4 Å². The van der Waals surface area contributed by atoms with Gasteiger partial charge >= 0.3 is 5.97 Å². The van der Waals surface area contributed by atoms with E-state index in [4.69, 9.17) is 68.2 Å². The van der Waals surface area contributed by atoms with E-state index in [1.165, 1.54) is 4.31 Å². The number of sulfonamides is 1. The zero-order valence-electron chi connectivity index (χ0n) is 50.8. The number of nitriles is 1. The molecule has 0 spiro atoms. The Labute approximate surface area is 513 Å². The molecule has 0 aliphatic carbocycles. The third kappa shape index (κ3) is 28.0. The first-order valence-electron chi connectivity index (χ1n) is 30.2. The van der Waals surface area contributed by atoms with Crippen LogP contribution < -0.4 is 16.4 Å². The van der Waals surface area contributed by atoms with Crippen LogP contribution in [0, 0.1) is 17.2 Å². The number of guanidine groups is 1. The highest BCUT2D eigenvalue weighted by Gasteiger charge is 2.36. The predicted molar refractivity (Wildman–Crippen MR) is 331 cm³/mol. The zero-order chi connectivity index (χ0) is 62.2. The summed E-state index contributed by atoms with van der Waals surface area (Å²) >= 11 is 0. The number of carbonyl (C=O) groups is 2. The van der Waals surface area contributed by atoms with Gasteiger partial charge in [0.15, 0.2) is 5.96 Å². The number of aryl methyl sites for hydroxylation is 1. The van der Waals surface area contributed by atoms with Crippen molar-refractivity contribution >= 4 is 51.1 Å². The SMILES string of the molecule is CCCN(CCC)C(=O)C1=Cc2c(CCCCN=C(NCCOCCOCCOCCOCCOCCOCCOCCOCCOCCOCCC(=O)O)Nc3cccc(C#N)c3)cc(-c3cccc(S(=O)(=O)N4CC(CO)C4)c3)cc2N=C(N)C1. The fourth-order valence-corrected chi connectivity index (χ4v) is 10.6. The monoisotopic (exact) mass is 1240 g/mol. The van der Waals surface area contributed by atoms with Crippen LogP contribution in [0.15, 0.2) is 81.1 Å². The van der Waals surface area contributed by atoms with Gasteiger partial charge in [0.25, 0.3) is 0 Å². The molecule has 1 saturated heterocycles. The van der Waals surface area contributed by atoms with Crippen LogP contribution in [0.25, 0.3) is 17.2 Å². The number of aliphatic hydroxyl groups excluding tert-OH is 1. The second kappa shape index (κ2) is 42.8. The highest BCUT2D eigenvalue weighted by atomic mass is 32.2. The lowest BCUT2D eigenvalue weighted by atomic mass is 9.93. The molecule has 0 unspecified atom stereocenters. The van der Waals surface area contributed by atoms with Gasteiger partial charge in [0, 0.05) is 75.0 Å². The number of aliphatic hydroxyl groups is 1. The molecule has 482 valence electrons. The van der Waals surface area contributed by atoms with E-state index in [1.54, 1.807) is 36.4 Å². The summed E-state index contributed by atoms with van der Waals surface area (Å²) in [5.74, 6) is -0.190. The van der Waals surface area contributed by atoms with Crippen molar-refractivity contribution in [3.8, 4) is 17.2 Å². The Bertz CT molecular complexity index is 2730. The number of ether oxygens (including phenoxy) is 10. The largest absolute Gasteiger partial charge is 0.481 e. The quantitative estimate of drug-likeness (QED) is 0.0273. The maximum Gasteiger partial charge on any atom is 0.305 e. The van der Waals surface area contributed by atoms with Gasteiger partial charge < -0.3 is 78.8 Å².